The van der Waals surface area contributed by atoms with Crippen LogP contribution in [0.3, 0.4) is 0 Å². The van der Waals surface area contributed by atoms with Crippen molar-refractivity contribution in [3.8, 4) is 5.75 Å². The largest absolute Gasteiger partial charge is 0.495 e. The van der Waals surface area contributed by atoms with E-state index in [4.69, 9.17) is 21.4 Å². The summed E-state index contributed by atoms with van der Waals surface area (Å²) in [4.78, 5) is 5.16. The summed E-state index contributed by atoms with van der Waals surface area (Å²) in [5.74, 6) is 0.443. The predicted molar refractivity (Wildman–Crippen MR) is 152 cm³/mol. The van der Waals surface area contributed by atoms with E-state index in [-0.39, 0.29) is 4.90 Å². The van der Waals surface area contributed by atoms with Gasteiger partial charge in [-0.3, -0.25) is 19.1 Å². The van der Waals surface area contributed by atoms with Gasteiger partial charge in [-0.05, 0) is 48.1 Å². The third-order valence-electron chi connectivity index (χ3n) is 6.58. The second kappa shape index (κ2) is 11.5. The summed E-state index contributed by atoms with van der Waals surface area (Å²) < 4.78 is 41.9. The van der Waals surface area contributed by atoms with Crippen LogP contribution in [0.5, 0.6) is 5.75 Å². The highest BCUT2D eigenvalue weighted by Crippen LogP contribution is 2.28. The molecule has 1 fully saturated rings. The number of sulfonamides is 1. The number of ether oxygens (including phenoxy) is 1. The first-order valence-corrected chi connectivity index (χ1v) is 14.3. The van der Waals surface area contributed by atoms with Gasteiger partial charge in [0.1, 0.15) is 5.75 Å². The van der Waals surface area contributed by atoms with Gasteiger partial charge in [-0.2, -0.15) is 0 Å². The van der Waals surface area contributed by atoms with Crippen LogP contribution >= 0.6 is 12.2 Å². The van der Waals surface area contributed by atoms with Crippen molar-refractivity contribution in [2.24, 2.45) is 0 Å². The molecule has 0 aliphatic carbocycles. The average Bonchev–Trinajstić information content (AvgIpc) is 3.24. The van der Waals surface area contributed by atoms with Gasteiger partial charge in [0.05, 0.1) is 29.9 Å². The van der Waals surface area contributed by atoms with E-state index in [1.807, 2.05) is 22.8 Å². The fourth-order valence-corrected chi connectivity index (χ4v) is 5.83. The predicted octanol–water partition coefficient (Wildman–Crippen LogP) is 5.06. The van der Waals surface area contributed by atoms with Crippen molar-refractivity contribution in [2.45, 2.75) is 11.6 Å². The van der Waals surface area contributed by atoms with Crippen molar-refractivity contribution >= 4 is 45.1 Å². The first kappa shape index (κ1) is 26.2. The van der Waals surface area contributed by atoms with Crippen LogP contribution in [0, 0.1) is 4.84 Å². The minimum atomic E-state index is -3.86. The number of para-hydroxylation sites is 2. The van der Waals surface area contributed by atoms with Gasteiger partial charge < -0.3 is 9.15 Å². The number of anilines is 1. The SMILES string of the molecule is COc1ccccc1NS(=O)(=O)c1ccc2oc(=S)n(CN3CCN(CC=Cc4ccccc4)CC3)c2c1. The smallest absolute Gasteiger partial charge is 0.270 e. The maximum absolute atomic E-state index is 13.2. The Morgan fingerprint density at radius 1 is 0.974 bits per heavy atom. The van der Waals surface area contributed by atoms with Gasteiger partial charge in [-0.15, -0.1) is 0 Å². The van der Waals surface area contributed by atoms with E-state index in [9.17, 15) is 8.42 Å². The number of hydrogen-bond donors (Lipinski definition) is 1. The van der Waals surface area contributed by atoms with Gasteiger partial charge in [0.25, 0.3) is 14.9 Å². The lowest BCUT2D eigenvalue weighted by Crippen LogP contribution is -2.46. The number of piperazine rings is 1. The van der Waals surface area contributed by atoms with Crippen molar-refractivity contribution < 1.29 is 17.6 Å². The van der Waals surface area contributed by atoms with Crippen LogP contribution in [0.2, 0.25) is 0 Å². The van der Waals surface area contributed by atoms with E-state index < -0.39 is 10.0 Å². The number of nitrogens with zero attached hydrogens (tertiary/aromatic N) is 3. The van der Waals surface area contributed by atoms with E-state index in [0.29, 0.717) is 34.0 Å². The highest BCUT2D eigenvalue weighted by molar-refractivity contribution is 7.92. The Bertz CT molecular complexity index is 1590. The molecule has 1 saturated heterocycles. The normalized spacial score (nSPS) is 15.3. The number of nitrogens with one attached hydrogen (secondary N) is 1. The molecule has 1 aromatic heterocycles. The van der Waals surface area contributed by atoms with Crippen LogP contribution in [0.4, 0.5) is 5.69 Å². The van der Waals surface area contributed by atoms with Crippen molar-refractivity contribution in [3.05, 3.63) is 89.3 Å². The lowest BCUT2D eigenvalue weighted by atomic mass is 10.2. The first-order valence-electron chi connectivity index (χ1n) is 12.4. The van der Waals surface area contributed by atoms with Gasteiger partial charge in [0, 0.05) is 32.7 Å². The fourth-order valence-electron chi connectivity index (χ4n) is 4.49. The number of aromatic nitrogens is 1. The van der Waals surface area contributed by atoms with Crippen LogP contribution in [0.15, 0.2) is 88.2 Å². The van der Waals surface area contributed by atoms with E-state index in [0.717, 1.165) is 32.7 Å². The highest BCUT2D eigenvalue weighted by atomic mass is 32.2. The Kier molecular flexibility index (Phi) is 7.94. The van der Waals surface area contributed by atoms with Gasteiger partial charge in [0.2, 0.25) is 0 Å². The molecule has 1 aliphatic rings. The quantitative estimate of drug-likeness (QED) is 0.292. The number of hydrogen-bond acceptors (Lipinski definition) is 7. The molecule has 0 bridgehead atoms. The van der Waals surface area contributed by atoms with Crippen molar-refractivity contribution in [2.75, 3.05) is 44.6 Å². The fraction of sp³-hybridized carbons (Fsp3) is 0.250. The lowest BCUT2D eigenvalue weighted by molar-refractivity contribution is 0.115. The monoisotopic (exact) mass is 550 g/mol. The summed E-state index contributed by atoms with van der Waals surface area (Å²) in [6.07, 6.45) is 4.35. The Labute approximate surface area is 227 Å². The Morgan fingerprint density at radius 2 is 1.68 bits per heavy atom. The first-order chi connectivity index (χ1) is 18.4. The molecule has 2 heterocycles. The second-order valence-electron chi connectivity index (χ2n) is 9.10. The van der Waals surface area contributed by atoms with Gasteiger partial charge in [-0.1, -0.05) is 54.6 Å². The number of rotatable bonds is 9. The minimum absolute atomic E-state index is 0.121. The molecule has 0 atom stereocenters. The average molecular weight is 551 g/mol. The molecule has 5 rings (SSSR count). The summed E-state index contributed by atoms with van der Waals surface area (Å²) >= 11 is 5.49. The molecule has 0 saturated carbocycles. The summed E-state index contributed by atoms with van der Waals surface area (Å²) in [5.41, 5.74) is 2.77. The van der Waals surface area contributed by atoms with E-state index in [1.54, 1.807) is 36.4 Å². The van der Waals surface area contributed by atoms with Crippen molar-refractivity contribution in [1.82, 2.24) is 14.4 Å². The Morgan fingerprint density at radius 3 is 2.45 bits per heavy atom. The maximum Gasteiger partial charge on any atom is 0.270 e. The number of benzene rings is 3. The summed E-state index contributed by atoms with van der Waals surface area (Å²) in [6, 6.07) is 22.0. The van der Waals surface area contributed by atoms with Crippen LogP contribution in [0.1, 0.15) is 5.56 Å². The van der Waals surface area contributed by atoms with Crippen LogP contribution in [-0.4, -0.2) is 62.6 Å². The van der Waals surface area contributed by atoms with Crippen molar-refractivity contribution in [3.63, 3.8) is 0 Å². The van der Waals surface area contributed by atoms with E-state index in [2.05, 4.69) is 38.8 Å². The third kappa shape index (κ3) is 5.99. The molecule has 3 aromatic carbocycles. The molecule has 0 spiro atoms. The topological polar surface area (TPSA) is 79.9 Å². The molecule has 198 valence electrons. The molecule has 8 nitrogen and oxygen atoms in total. The lowest BCUT2D eigenvalue weighted by Gasteiger charge is -2.34. The minimum Gasteiger partial charge on any atom is -0.495 e. The summed E-state index contributed by atoms with van der Waals surface area (Å²) in [7, 11) is -2.36. The van der Waals surface area contributed by atoms with E-state index >= 15 is 0 Å². The third-order valence-corrected chi connectivity index (χ3v) is 8.25. The molecule has 0 radical (unpaired) electrons. The Balaban J connectivity index is 1.27. The zero-order valence-electron chi connectivity index (χ0n) is 21.1. The molecular formula is C28H30N4O4S2. The second-order valence-corrected chi connectivity index (χ2v) is 11.1. The molecule has 10 heteroatoms. The number of fused-ring (bicyclic) bond motifs is 1. The van der Waals surface area contributed by atoms with Gasteiger partial charge >= 0.3 is 0 Å². The van der Waals surface area contributed by atoms with Crippen LogP contribution < -0.4 is 9.46 Å². The molecule has 1 N–H and O–H groups in total. The number of oxazole rings is 1. The maximum atomic E-state index is 13.2. The van der Waals surface area contributed by atoms with E-state index in [1.165, 1.54) is 18.7 Å². The zero-order chi connectivity index (χ0) is 26.5. The molecule has 0 unspecified atom stereocenters. The van der Waals surface area contributed by atoms with Gasteiger partial charge in [0.15, 0.2) is 5.58 Å². The molecule has 1 aliphatic heterocycles. The molecule has 4 aromatic rings. The van der Waals surface area contributed by atoms with Crippen LogP contribution in [-0.2, 0) is 16.7 Å². The molecular weight excluding hydrogens is 520 g/mol. The Hall–Kier alpha value is -3.44. The summed E-state index contributed by atoms with van der Waals surface area (Å²) in [6.45, 7) is 5.05. The summed E-state index contributed by atoms with van der Waals surface area (Å²) in [5, 5.41) is 0. The zero-order valence-corrected chi connectivity index (χ0v) is 22.7. The van der Waals surface area contributed by atoms with Gasteiger partial charge in [-0.25, -0.2) is 8.42 Å². The standard InChI is InChI=1S/C28H30N4O4S2/c1-35-26-12-6-5-11-24(26)29-38(33,34)23-13-14-27-25(20-23)32(28(37)36-27)21-31-18-16-30(17-19-31)15-7-10-22-8-3-2-4-9-22/h2-14,20,29H,15-19,21H2,1H3. The number of methoxy groups -OCH3 is 1. The molecule has 38 heavy (non-hydrogen) atoms. The van der Waals surface area contributed by atoms with Crippen LogP contribution in [0.25, 0.3) is 17.2 Å². The molecule has 0 amide bonds. The van der Waals surface area contributed by atoms with Crippen molar-refractivity contribution in [1.29, 1.82) is 0 Å². The highest BCUT2D eigenvalue weighted by Gasteiger charge is 2.21.